The van der Waals surface area contributed by atoms with E-state index in [4.69, 9.17) is 5.73 Å². The summed E-state index contributed by atoms with van der Waals surface area (Å²) < 4.78 is 0. The van der Waals surface area contributed by atoms with Crippen LogP contribution in [0, 0.1) is 0 Å². The summed E-state index contributed by atoms with van der Waals surface area (Å²) in [5, 5.41) is 3.32. The Bertz CT molecular complexity index is 474. The van der Waals surface area contributed by atoms with Gasteiger partial charge in [0, 0.05) is 25.6 Å². The molecule has 1 aliphatic heterocycles. The van der Waals surface area contributed by atoms with E-state index >= 15 is 0 Å². The van der Waals surface area contributed by atoms with Crippen molar-refractivity contribution in [3.8, 4) is 0 Å². The van der Waals surface area contributed by atoms with E-state index in [1.807, 2.05) is 0 Å². The SMILES string of the molecule is CCCCNc1nc(N)nc2c1CCN(C(C)=O)C2. The minimum absolute atomic E-state index is 0.0725. The molecule has 2 heterocycles. The third kappa shape index (κ3) is 3.13. The fourth-order valence-electron chi connectivity index (χ4n) is 2.25. The van der Waals surface area contributed by atoms with Gasteiger partial charge in [0.2, 0.25) is 11.9 Å². The predicted molar refractivity (Wildman–Crippen MR) is 74.6 cm³/mol. The third-order valence-corrected chi connectivity index (χ3v) is 3.35. The molecule has 6 heteroatoms. The van der Waals surface area contributed by atoms with Gasteiger partial charge in [0.25, 0.3) is 0 Å². The number of hydrogen-bond donors (Lipinski definition) is 2. The number of aromatic nitrogens is 2. The van der Waals surface area contributed by atoms with Crippen LogP contribution in [0.2, 0.25) is 0 Å². The van der Waals surface area contributed by atoms with Crippen LogP contribution < -0.4 is 11.1 Å². The van der Waals surface area contributed by atoms with Crippen molar-refractivity contribution in [2.45, 2.75) is 39.7 Å². The largest absolute Gasteiger partial charge is 0.370 e. The first-order chi connectivity index (χ1) is 9.11. The molecule has 3 N–H and O–H groups in total. The molecule has 1 aromatic rings. The van der Waals surface area contributed by atoms with Crippen molar-refractivity contribution in [1.82, 2.24) is 14.9 Å². The van der Waals surface area contributed by atoms with Gasteiger partial charge in [-0.05, 0) is 12.8 Å². The van der Waals surface area contributed by atoms with Gasteiger partial charge < -0.3 is 16.0 Å². The summed E-state index contributed by atoms with van der Waals surface area (Å²) in [6, 6.07) is 0. The van der Waals surface area contributed by atoms with Crippen LogP contribution in [0.25, 0.3) is 0 Å². The van der Waals surface area contributed by atoms with Gasteiger partial charge in [-0.25, -0.2) is 4.98 Å². The Morgan fingerprint density at radius 2 is 2.26 bits per heavy atom. The second kappa shape index (κ2) is 5.86. The number of nitrogens with two attached hydrogens (primary N) is 1. The van der Waals surface area contributed by atoms with Crippen LogP contribution in [-0.4, -0.2) is 33.9 Å². The zero-order chi connectivity index (χ0) is 13.8. The lowest BCUT2D eigenvalue weighted by Gasteiger charge is -2.28. The van der Waals surface area contributed by atoms with Gasteiger partial charge in [0.15, 0.2) is 0 Å². The normalized spacial score (nSPS) is 14.1. The molecular weight excluding hydrogens is 242 g/mol. The van der Waals surface area contributed by atoms with Crippen LogP contribution in [0.5, 0.6) is 0 Å². The van der Waals surface area contributed by atoms with E-state index < -0.39 is 0 Å². The van der Waals surface area contributed by atoms with Gasteiger partial charge in [-0.3, -0.25) is 4.79 Å². The lowest BCUT2D eigenvalue weighted by atomic mass is 10.1. The minimum atomic E-state index is 0.0725. The number of carbonyl (C=O) groups is 1. The molecular formula is C13H21N5O. The first-order valence-electron chi connectivity index (χ1n) is 6.76. The average molecular weight is 263 g/mol. The molecule has 1 amide bonds. The molecule has 0 saturated heterocycles. The van der Waals surface area contributed by atoms with Crippen LogP contribution in [-0.2, 0) is 17.8 Å². The standard InChI is InChI=1S/C13H21N5O/c1-3-4-6-15-12-10-5-7-18(9(2)19)8-11(10)16-13(14)17-12/h3-8H2,1-2H3,(H3,14,15,16,17). The van der Waals surface area contributed by atoms with E-state index in [2.05, 4.69) is 22.2 Å². The van der Waals surface area contributed by atoms with Gasteiger partial charge in [-0.15, -0.1) is 0 Å². The fraction of sp³-hybridized carbons (Fsp3) is 0.615. The molecule has 0 atom stereocenters. The summed E-state index contributed by atoms with van der Waals surface area (Å²) in [6.45, 7) is 5.86. The maximum Gasteiger partial charge on any atom is 0.222 e. The monoisotopic (exact) mass is 263 g/mol. The first kappa shape index (κ1) is 13.6. The Balaban J connectivity index is 2.20. The quantitative estimate of drug-likeness (QED) is 0.797. The van der Waals surface area contributed by atoms with Crippen molar-refractivity contribution in [2.24, 2.45) is 0 Å². The summed E-state index contributed by atoms with van der Waals surface area (Å²) in [5.74, 6) is 1.17. The maximum absolute atomic E-state index is 11.4. The number of unbranched alkanes of at least 4 members (excludes halogenated alkanes) is 1. The molecule has 0 spiro atoms. The Labute approximate surface area is 113 Å². The number of carbonyl (C=O) groups excluding carboxylic acids is 1. The summed E-state index contributed by atoms with van der Waals surface area (Å²) in [5.41, 5.74) is 7.71. The molecule has 0 bridgehead atoms. The summed E-state index contributed by atoms with van der Waals surface area (Å²) in [4.78, 5) is 21.8. The molecule has 19 heavy (non-hydrogen) atoms. The van der Waals surface area contributed by atoms with Crippen molar-refractivity contribution < 1.29 is 4.79 Å². The smallest absolute Gasteiger partial charge is 0.222 e. The van der Waals surface area contributed by atoms with E-state index in [0.29, 0.717) is 6.54 Å². The van der Waals surface area contributed by atoms with Crippen LogP contribution >= 0.6 is 0 Å². The second-order valence-electron chi connectivity index (χ2n) is 4.83. The summed E-state index contributed by atoms with van der Waals surface area (Å²) >= 11 is 0. The van der Waals surface area contributed by atoms with E-state index in [0.717, 1.165) is 49.4 Å². The van der Waals surface area contributed by atoms with Crippen molar-refractivity contribution in [2.75, 3.05) is 24.1 Å². The third-order valence-electron chi connectivity index (χ3n) is 3.35. The topological polar surface area (TPSA) is 84.1 Å². The van der Waals surface area contributed by atoms with E-state index in [1.54, 1.807) is 11.8 Å². The number of amides is 1. The molecule has 1 aromatic heterocycles. The van der Waals surface area contributed by atoms with Crippen LogP contribution in [0.15, 0.2) is 0 Å². The first-order valence-corrected chi connectivity index (χ1v) is 6.76. The van der Waals surface area contributed by atoms with Gasteiger partial charge in [0.05, 0.1) is 12.2 Å². The van der Waals surface area contributed by atoms with Gasteiger partial charge in [-0.2, -0.15) is 4.98 Å². The molecule has 1 aliphatic rings. The van der Waals surface area contributed by atoms with Gasteiger partial charge >= 0.3 is 0 Å². The highest BCUT2D eigenvalue weighted by Crippen LogP contribution is 2.24. The fourth-order valence-corrected chi connectivity index (χ4v) is 2.25. The highest BCUT2D eigenvalue weighted by molar-refractivity contribution is 5.73. The van der Waals surface area contributed by atoms with Crippen molar-refractivity contribution in [1.29, 1.82) is 0 Å². The molecule has 0 unspecified atom stereocenters. The molecule has 0 fully saturated rings. The van der Waals surface area contributed by atoms with Crippen LogP contribution in [0.3, 0.4) is 0 Å². The Morgan fingerprint density at radius 1 is 1.47 bits per heavy atom. The molecule has 2 rings (SSSR count). The van der Waals surface area contributed by atoms with E-state index in [-0.39, 0.29) is 11.9 Å². The lowest BCUT2D eigenvalue weighted by Crippen LogP contribution is -2.35. The molecule has 6 nitrogen and oxygen atoms in total. The van der Waals surface area contributed by atoms with Crippen LogP contribution in [0.1, 0.15) is 37.9 Å². The Morgan fingerprint density at radius 3 is 2.95 bits per heavy atom. The Hall–Kier alpha value is -1.85. The minimum Gasteiger partial charge on any atom is -0.370 e. The number of hydrogen-bond acceptors (Lipinski definition) is 5. The summed E-state index contributed by atoms with van der Waals surface area (Å²) in [6.07, 6.45) is 3.01. The number of nitrogen functional groups attached to an aromatic ring is 1. The number of anilines is 2. The average Bonchev–Trinajstić information content (AvgIpc) is 2.37. The molecule has 0 radical (unpaired) electrons. The van der Waals surface area contributed by atoms with Gasteiger partial charge in [0.1, 0.15) is 5.82 Å². The molecule has 0 aromatic carbocycles. The lowest BCUT2D eigenvalue weighted by molar-refractivity contribution is -0.129. The zero-order valence-corrected chi connectivity index (χ0v) is 11.6. The Kier molecular flexibility index (Phi) is 4.19. The van der Waals surface area contributed by atoms with Crippen LogP contribution in [0.4, 0.5) is 11.8 Å². The van der Waals surface area contributed by atoms with Crippen molar-refractivity contribution >= 4 is 17.7 Å². The van der Waals surface area contributed by atoms with E-state index in [9.17, 15) is 4.79 Å². The highest BCUT2D eigenvalue weighted by atomic mass is 16.2. The molecule has 104 valence electrons. The number of fused-ring (bicyclic) bond motifs is 1. The predicted octanol–water partition coefficient (Wildman–Crippen LogP) is 1.18. The molecule has 0 saturated carbocycles. The number of nitrogens with one attached hydrogen (secondary N) is 1. The highest BCUT2D eigenvalue weighted by Gasteiger charge is 2.23. The zero-order valence-electron chi connectivity index (χ0n) is 11.6. The summed E-state index contributed by atoms with van der Waals surface area (Å²) in [7, 11) is 0. The second-order valence-corrected chi connectivity index (χ2v) is 4.83. The van der Waals surface area contributed by atoms with Gasteiger partial charge in [-0.1, -0.05) is 13.3 Å². The number of nitrogens with zero attached hydrogens (tertiary/aromatic N) is 3. The molecule has 0 aliphatic carbocycles. The maximum atomic E-state index is 11.4. The van der Waals surface area contributed by atoms with Crippen molar-refractivity contribution in [3.63, 3.8) is 0 Å². The van der Waals surface area contributed by atoms with Crippen molar-refractivity contribution in [3.05, 3.63) is 11.3 Å². The van der Waals surface area contributed by atoms with E-state index in [1.165, 1.54) is 0 Å². The number of rotatable bonds is 4.